The van der Waals surface area contributed by atoms with Gasteiger partial charge in [0.1, 0.15) is 0 Å². The van der Waals surface area contributed by atoms with Crippen molar-refractivity contribution in [1.29, 1.82) is 0 Å². The van der Waals surface area contributed by atoms with Gasteiger partial charge in [-0.2, -0.15) is 5.10 Å². The molecule has 1 aromatic carbocycles. The van der Waals surface area contributed by atoms with Crippen LogP contribution >= 0.6 is 0 Å². The number of nitrogens with zero attached hydrogens (tertiary/aromatic N) is 3. The zero-order valence-corrected chi connectivity index (χ0v) is 11.7. The number of hydrogen-bond acceptors (Lipinski definition) is 2. The fourth-order valence-electron chi connectivity index (χ4n) is 2.76. The van der Waals surface area contributed by atoms with Crippen LogP contribution in [0.3, 0.4) is 0 Å². The van der Waals surface area contributed by atoms with E-state index in [0.717, 1.165) is 30.8 Å². The highest BCUT2D eigenvalue weighted by molar-refractivity contribution is 5.94. The minimum Gasteiger partial charge on any atom is -0.338 e. The van der Waals surface area contributed by atoms with Gasteiger partial charge < -0.3 is 4.90 Å². The van der Waals surface area contributed by atoms with Gasteiger partial charge in [0.2, 0.25) is 0 Å². The summed E-state index contributed by atoms with van der Waals surface area (Å²) in [5.41, 5.74) is 1.66. The lowest BCUT2D eigenvalue weighted by atomic mass is 9.99. The summed E-state index contributed by atoms with van der Waals surface area (Å²) in [7, 11) is 0. The molecule has 0 aliphatic carbocycles. The Morgan fingerprint density at radius 3 is 3.00 bits per heavy atom. The van der Waals surface area contributed by atoms with Crippen LogP contribution < -0.4 is 0 Å². The summed E-state index contributed by atoms with van der Waals surface area (Å²) in [5, 5.41) is 4.20. The molecule has 1 saturated heterocycles. The molecule has 1 aliphatic heterocycles. The summed E-state index contributed by atoms with van der Waals surface area (Å²) < 4.78 is 1.77. The molecule has 1 aromatic heterocycles. The Morgan fingerprint density at radius 2 is 2.25 bits per heavy atom. The Bertz CT molecular complexity index is 592. The first-order valence-electron chi connectivity index (χ1n) is 7.13. The zero-order chi connectivity index (χ0) is 13.9. The van der Waals surface area contributed by atoms with E-state index in [1.54, 1.807) is 10.9 Å². The number of carbonyl (C=O) groups excluding carboxylic acids is 1. The third kappa shape index (κ3) is 2.59. The first kappa shape index (κ1) is 12.9. The number of carbonyl (C=O) groups is 1. The summed E-state index contributed by atoms with van der Waals surface area (Å²) in [6.07, 6.45) is 5.94. The molecule has 20 heavy (non-hydrogen) atoms. The number of benzene rings is 1. The summed E-state index contributed by atoms with van der Waals surface area (Å²) in [4.78, 5) is 14.5. The molecule has 0 bridgehead atoms. The van der Waals surface area contributed by atoms with Crippen LogP contribution in [0.1, 0.15) is 30.1 Å². The van der Waals surface area contributed by atoms with E-state index in [2.05, 4.69) is 12.0 Å². The molecule has 1 aliphatic rings. The quantitative estimate of drug-likeness (QED) is 0.840. The molecule has 1 fully saturated rings. The molecule has 4 heteroatoms. The summed E-state index contributed by atoms with van der Waals surface area (Å²) >= 11 is 0. The minimum absolute atomic E-state index is 0.130. The fourth-order valence-corrected chi connectivity index (χ4v) is 2.76. The summed E-state index contributed by atoms with van der Waals surface area (Å²) in [5.74, 6) is 0.729. The number of likely N-dealkylation sites (tertiary alicyclic amines) is 1. The average Bonchev–Trinajstić information content (AvgIpc) is 3.01. The van der Waals surface area contributed by atoms with Crippen LogP contribution in [0.15, 0.2) is 42.7 Å². The third-order valence-corrected chi connectivity index (χ3v) is 3.81. The minimum atomic E-state index is 0.130. The standard InChI is InChI=1S/C16H19N3O/c1-13-5-3-9-18(12-13)16(20)14-6-2-7-15(11-14)19-10-4-8-17-19/h2,4,6-8,10-11,13H,3,5,9,12H2,1H3. The molecule has 0 saturated carbocycles. The molecule has 0 spiro atoms. The van der Waals surface area contributed by atoms with E-state index in [9.17, 15) is 4.79 Å². The predicted molar refractivity (Wildman–Crippen MR) is 77.9 cm³/mol. The molecule has 1 atom stereocenters. The van der Waals surface area contributed by atoms with Crippen molar-refractivity contribution in [2.45, 2.75) is 19.8 Å². The number of amides is 1. The second kappa shape index (κ2) is 5.49. The Kier molecular flexibility index (Phi) is 3.54. The van der Waals surface area contributed by atoms with Crippen LogP contribution in [-0.4, -0.2) is 33.7 Å². The van der Waals surface area contributed by atoms with Crippen LogP contribution in [0.4, 0.5) is 0 Å². The Morgan fingerprint density at radius 1 is 1.35 bits per heavy atom. The molecular weight excluding hydrogens is 250 g/mol. The monoisotopic (exact) mass is 269 g/mol. The van der Waals surface area contributed by atoms with E-state index < -0.39 is 0 Å². The second-order valence-corrected chi connectivity index (χ2v) is 5.50. The van der Waals surface area contributed by atoms with Gasteiger partial charge in [-0.25, -0.2) is 4.68 Å². The largest absolute Gasteiger partial charge is 0.338 e. The SMILES string of the molecule is CC1CCCN(C(=O)c2cccc(-n3cccn3)c2)C1. The van der Waals surface area contributed by atoms with Crippen LogP contribution in [-0.2, 0) is 0 Å². The molecule has 0 N–H and O–H groups in total. The molecule has 3 rings (SSSR count). The van der Waals surface area contributed by atoms with Crippen molar-refractivity contribution in [3.8, 4) is 5.69 Å². The number of piperidine rings is 1. The van der Waals surface area contributed by atoms with Gasteiger partial charge in [-0.3, -0.25) is 4.79 Å². The fraction of sp³-hybridized carbons (Fsp3) is 0.375. The van der Waals surface area contributed by atoms with Gasteiger partial charge in [-0.15, -0.1) is 0 Å². The van der Waals surface area contributed by atoms with E-state index in [-0.39, 0.29) is 5.91 Å². The van der Waals surface area contributed by atoms with Crippen LogP contribution in [0.5, 0.6) is 0 Å². The number of rotatable bonds is 2. The average molecular weight is 269 g/mol. The molecule has 2 heterocycles. The molecule has 1 amide bonds. The normalized spacial score (nSPS) is 19.1. The van der Waals surface area contributed by atoms with E-state index in [1.807, 2.05) is 41.4 Å². The molecule has 2 aromatic rings. The van der Waals surface area contributed by atoms with Gasteiger partial charge in [-0.05, 0) is 43.0 Å². The van der Waals surface area contributed by atoms with E-state index in [1.165, 1.54) is 6.42 Å². The Labute approximate surface area is 119 Å². The van der Waals surface area contributed by atoms with Crippen LogP contribution in [0.2, 0.25) is 0 Å². The molecular formula is C16H19N3O. The van der Waals surface area contributed by atoms with Crippen LogP contribution in [0.25, 0.3) is 5.69 Å². The van der Waals surface area contributed by atoms with Crippen molar-refractivity contribution >= 4 is 5.91 Å². The lowest BCUT2D eigenvalue weighted by Gasteiger charge is -2.31. The highest BCUT2D eigenvalue weighted by atomic mass is 16.2. The lowest BCUT2D eigenvalue weighted by Crippen LogP contribution is -2.39. The maximum absolute atomic E-state index is 12.6. The van der Waals surface area contributed by atoms with Gasteiger partial charge in [0, 0.05) is 31.0 Å². The van der Waals surface area contributed by atoms with Gasteiger partial charge >= 0.3 is 0 Å². The van der Waals surface area contributed by atoms with Crippen molar-refractivity contribution in [3.63, 3.8) is 0 Å². The van der Waals surface area contributed by atoms with Gasteiger partial charge in [-0.1, -0.05) is 13.0 Å². The predicted octanol–water partition coefficient (Wildman–Crippen LogP) is 2.74. The van der Waals surface area contributed by atoms with E-state index in [0.29, 0.717) is 5.92 Å². The topological polar surface area (TPSA) is 38.1 Å². The van der Waals surface area contributed by atoms with E-state index >= 15 is 0 Å². The Hall–Kier alpha value is -2.10. The zero-order valence-electron chi connectivity index (χ0n) is 11.7. The van der Waals surface area contributed by atoms with Crippen molar-refractivity contribution in [1.82, 2.24) is 14.7 Å². The lowest BCUT2D eigenvalue weighted by molar-refractivity contribution is 0.0683. The van der Waals surface area contributed by atoms with Crippen LogP contribution in [0, 0.1) is 5.92 Å². The molecule has 1 unspecified atom stereocenters. The maximum atomic E-state index is 12.6. The number of aromatic nitrogens is 2. The molecule has 4 nitrogen and oxygen atoms in total. The van der Waals surface area contributed by atoms with Crippen molar-refractivity contribution in [3.05, 3.63) is 48.3 Å². The second-order valence-electron chi connectivity index (χ2n) is 5.50. The van der Waals surface area contributed by atoms with E-state index in [4.69, 9.17) is 0 Å². The van der Waals surface area contributed by atoms with Gasteiger partial charge in [0.25, 0.3) is 5.91 Å². The highest BCUT2D eigenvalue weighted by Gasteiger charge is 2.22. The summed E-state index contributed by atoms with van der Waals surface area (Å²) in [6.45, 7) is 3.94. The molecule has 104 valence electrons. The van der Waals surface area contributed by atoms with Crippen molar-refractivity contribution in [2.75, 3.05) is 13.1 Å². The maximum Gasteiger partial charge on any atom is 0.253 e. The first-order valence-corrected chi connectivity index (χ1v) is 7.13. The third-order valence-electron chi connectivity index (χ3n) is 3.81. The first-order chi connectivity index (χ1) is 9.74. The van der Waals surface area contributed by atoms with Gasteiger partial charge in [0.05, 0.1) is 5.69 Å². The Balaban J connectivity index is 1.83. The van der Waals surface area contributed by atoms with Crippen molar-refractivity contribution in [2.24, 2.45) is 5.92 Å². The highest BCUT2D eigenvalue weighted by Crippen LogP contribution is 2.19. The smallest absolute Gasteiger partial charge is 0.253 e. The van der Waals surface area contributed by atoms with Gasteiger partial charge in [0.15, 0.2) is 0 Å². The molecule has 0 radical (unpaired) electrons. The number of hydrogen-bond donors (Lipinski definition) is 0. The summed E-state index contributed by atoms with van der Waals surface area (Å²) in [6, 6.07) is 9.55. The van der Waals surface area contributed by atoms with Crippen molar-refractivity contribution < 1.29 is 4.79 Å².